The van der Waals surface area contributed by atoms with Crippen molar-refractivity contribution in [3.8, 4) is 5.75 Å². The molecule has 0 bridgehead atoms. The van der Waals surface area contributed by atoms with Gasteiger partial charge in [0.05, 0.1) is 5.71 Å². The van der Waals surface area contributed by atoms with Crippen molar-refractivity contribution in [2.24, 2.45) is 5.10 Å². The van der Waals surface area contributed by atoms with E-state index in [1.165, 1.54) is 0 Å². The van der Waals surface area contributed by atoms with E-state index in [1.807, 2.05) is 42.5 Å². The van der Waals surface area contributed by atoms with Gasteiger partial charge in [0, 0.05) is 18.0 Å². The van der Waals surface area contributed by atoms with Gasteiger partial charge in [0.1, 0.15) is 18.1 Å². The smallest absolute Gasteiger partial charge is 0.307 e. The van der Waals surface area contributed by atoms with Gasteiger partial charge in [-0.25, -0.2) is 5.43 Å². The van der Waals surface area contributed by atoms with Gasteiger partial charge in [-0.3, -0.25) is 9.78 Å². The summed E-state index contributed by atoms with van der Waals surface area (Å²) in [5.74, 6) is 1.06. The predicted octanol–water partition coefficient (Wildman–Crippen LogP) is 3.41. The molecule has 3 aromatic rings. The molecule has 0 spiro atoms. The van der Waals surface area contributed by atoms with Crippen LogP contribution in [0.3, 0.4) is 0 Å². The molecule has 0 saturated heterocycles. The number of aromatic nitrogens is 1. The number of amides is 1. The molecule has 0 aliphatic rings. The molecule has 6 heteroatoms. The number of hydrogen-bond donors (Lipinski definition) is 1. The van der Waals surface area contributed by atoms with E-state index in [2.05, 4.69) is 15.5 Å². The number of ether oxygens (including phenoxy) is 1. The highest BCUT2D eigenvalue weighted by Crippen LogP contribution is 2.14. The third-order valence-electron chi connectivity index (χ3n) is 3.43. The summed E-state index contributed by atoms with van der Waals surface area (Å²) in [6, 6.07) is 16.3. The van der Waals surface area contributed by atoms with Crippen molar-refractivity contribution in [1.29, 1.82) is 0 Å². The third-order valence-corrected chi connectivity index (χ3v) is 3.43. The maximum Gasteiger partial charge on any atom is 0.307 e. The van der Waals surface area contributed by atoms with Crippen LogP contribution in [0.5, 0.6) is 5.75 Å². The molecule has 0 radical (unpaired) electrons. The molecule has 2 aromatic heterocycles. The molecule has 0 saturated carbocycles. The van der Waals surface area contributed by atoms with Crippen molar-refractivity contribution in [2.75, 3.05) is 0 Å². The van der Waals surface area contributed by atoms with Gasteiger partial charge in [-0.2, -0.15) is 5.10 Å². The minimum atomic E-state index is -0.417. The number of pyridine rings is 1. The first kappa shape index (κ1) is 16.4. The molecular formula is C19H17N3O3. The Hall–Kier alpha value is -3.41. The Morgan fingerprint density at radius 1 is 1.12 bits per heavy atom. The Balaban J connectivity index is 1.57. The number of hydrazone groups is 1. The number of furan rings is 1. The Kier molecular flexibility index (Phi) is 5.21. The van der Waals surface area contributed by atoms with Crippen LogP contribution in [-0.4, -0.2) is 16.6 Å². The summed E-state index contributed by atoms with van der Waals surface area (Å²) in [7, 11) is 0. The molecule has 0 unspecified atom stereocenters. The minimum absolute atomic E-state index is 0.179. The highest BCUT2D eigenvalue weighted by Gasteiger charge is 2.11. The fraction of sp³-hybridized carbons (Fsp3) is 0.105. The zero-order valence-electron chi connectivity index (χ0n) is 13.7. The van der Waals surface area contributed by atoms with Crippen molar-refractivity contribution in [3.05, 3.63) is 84.1 Å². The lowest BCUT2D eigenvalue weighted by Crippen LogP contribution is -2.18. The van der Waals surface area contributed by atoms with Crippen LogP contribution in [0.2, 0.25) is 0 Å². The summed E-state index contributed by atoms with van der Waals surface area (Å²) in [6.07, 6.45) is 3.34. The predicted molar refractivity (Wildman–Crippen MR) is 93.4 cm³/mol. The van der Waals surface area contributed by atoms with Crippen LogP contribution in [0.25, 0.3) is 0 Å². The molecule has 0 fully saturated rings. The minimum Gasteiger partial charge on any atom is -0.486 e. The summed E-state index contributed by atoms with van der Waals surface area (Å²) < 4.78 is 11.1. The summed E-state index contributed by atoms with van der Waals surface area (Å²) >= 11 is 0. The third kappa shape index (κ3) is 4.54. The number of benzene rings is 1. The van der Waals surface area contributed by atoms with Gasteiger partial charge in [0.15, 0.2) is 5.76 Å². The summed E-state index contributed by atoms with van der Waals surface area (Å²) in [6.45, 7) is 2.05. The Morgan fingerprint density at radius 2 is 1.88 bits per heavy atom. The van der Waals surface area contributed by atoms with Gasteiger partial charge >= 0.3 is 5.91 Å². The first-order valence-electron chi connectivity index (χ1n) is 7.74. The lowest BCUT2D eigenvalue weighted by molar-refractivity contribution is 0.0923. The van der Waals surface area contributed by atoms with Gasteiger partial charge in [-0.1, -0.05) is 18.2 Å². The van der Waals surface area contributed by atoms with E-state index < -0.39 is 5.91 Å². The van der Waals surface area contributed by atoms with Gasteiger partial charge < -0.3 is 9.15 Å². The van der Waals surface area contributed by atoms with Gasteiger partial charge in [0.2, 0.25) is 0 Å². The zero-order chi connectivity index (χ0) is 17.5. The molecule has 0 aliphatic carbocycles. The van der Waals surface area contributed by atoms with Gasteiger partial charge in [-0.05, 0) is 43.3 Å². The molecule has 6 nitrogen and oxygen atoms in total. The second-order valence-electron chi connectivity index (χ2n) is 5.24. The Morgan fingerprint density at radius 3 is 2.64 bits per heavy atom. The average molecular weight is 335 g/mol. The molecule has 1 N–H and O–H groups in total. The first-order chi connectivity index (χ1) is 12.2. The van der Waals surface area contributed by atoms with Gasteiger partial charge in [-0.15, -0.1) is 0 Å². The summed E-state index contributed by atoms with van der Waals surface area (Å²) in [4.78, 5) is 16.0. The number of carbonyl (C=O) groups excluding carboxylic acids is 1. The van der Waals surface area contributed by atoms with E-state index in [4.69, 9.17) is 9.15 Å². The Labute approximate surface area is 145 Å². The number of para-hydroxylation sites is 1. The van der Waals surface area contributed by atoms with Crippen LogP contribution >= 0.6 is 0 Å². The van der Waals surface area contributed by atoms with Crippen LogP contribution in [0.15, 0.2) is 76.5 Å². The van der Waals surface area contributed by atoms with E-state index in [0.29, 0.717) is 11.5 Å². The lowest BCUT2D eigenvalue weighted by atomic mass is 10.2. The van der Waals surface area contributed by atoms with E-state index >= 15 is 0 Å². The highest BCUT2D eigenvalue weighted by atomic mass is 16.5. The molecule has 2 heterocycles. The van der Waals surface area contributed by atoms with Crippen molar-refractivity contribution in [2.45, 2.75) is 13.5 Å². The van der Waals surface area contributed by atoms with Crippen molar-refractivity contribution in [3.63, 3.8) is 0 Å². The van der Waals surface area contributed by atoms with Crippen LogP contribution in [0.1, 0.15) is 28.8 Å². The maximum atomic E-state index is 12.1. The largest absolute Gasteiger partial charge is 0.486 e. The zero-order valence-corrected chi connectivity index (χ0v) is 13.7. The second kappa shape index (κ2) is 7.92. The fourth-order valence-corrected chi connectivity index (χ4v) is 2.10. The monoisotopic (exact) mass is 335 g/mol. The van der Waals surface area contributed by atoms with Crippen molar-refractivity contribution >= 4 is 11.6 Å². The number of carbonyl (C=O) groups is 1. The van der Waals surface area contributed by atoms with Crippen LogP contribution < -0.4 is 10.2 Å². The normalized spacial score (nSPS) is 11.2. The number of nitrogens with one attached hydrogen (secondary N) is 1. The quantitative estimate of drug-likeness (QED) is 0.553. The van der Waals surface area contributed by atoms with Gasteiger partial charge in [0.25, 0.3) is 0 Å². The van der Waals surface area contributed by atoms with E-state index in [9.17, 15) is 4.79 Å². The molecule has 25 heavy (non-hydrogen) atoms. The SMILES string of the molecule is C/C(=N/NC(=O)c1ccc(COc2ccccc2)o1)c1ccncc1. The van der Waals surface area contributed by atoms with Crippen molar-refractivity contribution in [1.82, 2.24) is 10.4 Å². The standard InChI is InChI=1S/C19H17N3O3/c1-14(15-9-11-20-12-10-15)21-22-19(23)18-8-7-17(25-18)13-24-16-5-3-2-4-6-16/h2-12H,13H2,1H3,(H,22,23)/b21-14-. The molecular weight excluding hydrogens is 318 g/mol. The molecule has 0 aliphatic heterocycles. The molecule has 3 rings (SSSR count). The maximum absolute atomic E-state index is 12.1. The van der Waals surface area contributed by atoms with Crippen molar-refractivity contribution < 1.29 is 13.9 Å². The Bertz CT molecular complexity index is 858. The second-order valence-corrected chi connectivity index (χ2v) is 5.24. The van der Waals surface area contributed by atoms with E-state index in [-0.39, 0.29) is 12.4 Å². The number of hydrogen-bond acceptors (Lipinski definition) is 5. The molecule has 1 aromatic carbocycles. The first-order valence-corrected chi connectivity index (χ1v) is 7.74. The lowest BCUT2D eigenvalue weighted by Gasteiger charge is -2.03. The van der Waals surface area contributed by atoms with Crippen LogP contribution in [0, 0.1) is 0 Å². The average Bonchev–Trinajstić information content (AvgIpc) is 3.15. The molecule has 1 amide bonds. The number of rotatable bonds is 6. The topological polar surface area (TPSA) is 76.7 Å². The number of nitrogens with zero attached hydrogens (tertiary/aromatic N) is 2. The highest BCUT2D eigenvalue weighted by molar-refractivity contribution is 6.00. The van der Waals surface area contributed by atoms with Crippen LogP contribution in [0.4, 0.5) is 0 Å². The molecule has 0 atom stereocenters. The summed E-state index contributed by atoms with van der Waals surface area (Å²) in [5, 5.41) is 4.07. The van der Waals surface area contributed by atoms with E-state index in [0.717, 1.165) is 11.3 Å². The van der Waals surface area contributed by atoms with E-state index in [1.54, 1.807) is 31.5 Å². The molecule has 126 valence electrons. The fourth-order valence-electron chi connectivity index (χ4n) is 2.10. The summed E-state index contributed by atoms with van der Waals surface area (Å²) in [5.41, 5.74) is 4.04. The van der Waals surface area contributed by atoms with Crippen LogP contribution in [-0.2, 0) is 6.61 Å².